The van der Waals surface area contributed by atoms with Crippen molar-refractivity contribution in [3.63, 3.8) is 0 Å². The lowest BCUT2D eigenvalue weighted by Crippen LogP contribution is -2.39. The maximum atomic E-state index is 6.21. The minimum absolute atomic E-state index is 0.536. The van der Waals surface area contributed by atoms with Crippen molar-refractivity contribution < 1.29 is 0 Å². The first kappa shape index (κ1) is 8.18. The molecular formula is C14H11Cl. The van der Waals surface area contributed by atoms with Crippen LogP contribution in [0.3, 0.4) is 0 Å². The molecule has 0 aromatic heterocycles. The van der Waals surface area contributed by atoms with Gasteiger partial charge in [-0.25, -0.2) is 0 Å². The van der Waals surface area contributed by atoms with Crippen LogP contribution in [0.25, 0.3) is 0 Å². The Morgan fingerprint density at radius 3 is 2.33 bits per heavy atom. The lowest BCUT2D eigenvalue weighted by Gasteiger charge is -2.50. The van der Waals surface area contributed by atoms with Crippen LogP contribution in [0.4, 0.5) is 0 Å². The maximum Gasteiger partial charge on any atom is 0.0190 e. The molecule has 4 aliphatic carbocycles. The Kier molecular flexibility index (Phi) is 1.40. The average Bonchev–Trinajstić information content (AvgIpc) is 2.27. The van der Waals surface area contributed by atoms with Gasteiger partial charge < -0.3 is 0 Å². The van der Waals surface area contributed by atoms with Gasteiger partial charge in [0.2, 0.25) is 0 Å². The Bertz CT molecular complexity index is 498. The lowest BCUT2D eigenvalue weighted by molar-refractivity contribution is 0.309. The van der Waals surface area contributed by atoms with Crippen molar-refractivity contribution >= 4 is 11.6 Å². The molecule has 0 nitrogen and oxygen atoms in total. The highest BCUT2D eigenvalue weighted by Crippen LogP contribution is 2.60. The zero-order valence-electron chi connectivity index (χ0n) is 8.23. The first-order valence-corrected chi connectivity index (χ1v) is 5.88. The highest BCUT2D eigenvalue weighted by atomic mass is 35.5. The van der Waals surface area contributed by atoms with E-state index in [0.717, 1.165) is 5.03 Å². The summed E-state index contributed by atoms with van der Waals surface area (Å²) in [6, 6.07) is 8.81. The van der Waals surface area contributed by atoms with Crippen LogP contribution in [0.15, 0.2) is 47.5 Å². The van der Waals surface area contributed by atoms with Gasteiger partial charge in [-0.05, 0) is 17.0 Å². The molecule has 1 aromatic rings. The van der Waals surface area contributed by atoms with Crippen LogP contribution in [-0.2, 0) is 0 Å². The first-order valence-electron chi connectivity index (χ1n) is 5.50. The van der Waals surface area contributed by atoms with E-state index in [9.17, 15) is 0 Å². The SMILES string of the molecule is ClC1=C[C@H]2[C@@H]1[C@H]1C=C[C@H]2c2ccccc21. The van der Waals surface area contributed by atoms with Crippen molar-refractivity contribution in [1.82, 2.24) is 0 Å². The highest BCUT2D eigenvalue weighted by molar-refractivity contribution is 6.30. The summed E-state index contributed by atoms with van der Waals surface area (Å²) >= 11 is 6.21. The molecule has 0 heterocycles. The summed E-state index contributed by atoms with van der Waals surface area (Å²) in [5.41, 5.74) is 3.02. The van der Waals surface area contributed by atoms with Crippen molar-refractivity contribution in [2.75, 3.05) is 0 Å². The average molecular weight is 215 g/mol. The van der Waals surface area contributed by atoms with Gasteiger partial charge in [-0.3, -0.25) is 0 Å². The van der Waals surface area contributed by atoms with Crippen LogP contribution in [0, 0.1) is 11.8 Å². The van der Waals surface area contributed by atoms with E-state index in [1.807, 2.05) is 0 Å². The second-order valence-corrected chi connectivity index (χ2v) is 5.16. The molecule has 0 saturated carbocycles. The van der Waals surface area contributed by atoms with Crippen LogP contribution in [0.1, 0.15) is 23.0 Å². The van der Waals surface area contributed by atoms with Gasteiger partial charge >= 0.3 is 0 Å². The van der Waals surface area contributed by atoms with Crippen molar-refractivity contribution in [3.05, 3.63) is 58.7 Å². The van der Waals surface area contributed by atoms with Crippen LogP contribution < -0.4 is 0 Å². The Morgan fingerprint density at radius 1 is 0.933 bits per heavy atom. The predicted octanol–water partition coefficient (Wildman–Crippen LogP) is 3.81. The molecule has 74 valence electrons. The fourth-order valence-electron chi connectivity index (χ4n) is 3.42. The van der Waals surface area contributed by atoms with Gasteiger partial charge in [0.1, 0.15) is 0 Å². The minimum atomic E-state index is 0.536. The molecule has 2 bridgehead atoms. The Hall–Kier alpha value is -1.01. The fraction of sp³-hybridized carbons (Fsp3) is 0.286. The van der Waals surface area contributed by atoms with E-state index in [0.29, 0.717) is 23.7 Å². The Balaban J connectivity index is 1.96. The zero-order valence-corrected chi connectivity index (χ0v) is 8.98. The van der Waals surface area contributed by atoms with Crippen molar-refractivity contribution in [2.24, 2.45) is 11.8 Å². The predicted molar refractivity (Wildman–Crippen MR) is 62.0 cm³/mol. The van der Waals surface area contributed by atoms with Gasteiger partial charge in [-0.1, -0.05) is 54.1 Å². The Morgan fingerprint density at radius 2 is 1.60 bits per heavy atom. The van der Waals surface area contributed by atoms with E-state index >= 15 is 0 Å². The number of hydrogen-bond acceptors (Lipinski definition) is 0. The number of benzene rings is 1. The van der Waals surface area contributed by atoms with Gasteiger partial charge in [-0.2, -0.15) is 0 Å². The third-order valence-corrected chi connectivity index (χ3v) is 4.50. The normalized spacial score (nSPS) is 39.1. The molecule has 1 heteroatoms. The Labute approximate surface area is 94.3 Å². The quantitative estimate of drug-likeness (QED) is 0.577. The smallest absolute Gasteiger partial charge is 0.0190 e. The second-order valence-electron chi connectivity index (χ2n) is 4.72. The van der Waals surface area contributed by atoms with E-state index in [1.165, 1.54) is 11.1 Å². The third kappa shape index (κ3) is 0.849. The molecule has 15 heavy (non-hydrogen) atoms. The molecule has 0 amide bonds. The van der Waals surface area contributed by atoms with E-state index in [-0.39, 0.29) is 0 Å². The summed E-state index contributed by atoms with van der Waals surface area (Å²) in [7, 11) is 0. The molecular weight excluding hydrogens is 204 g/mol. The van der Waals surface area contributed by atoms with E-state index in [1.54, 1.807) is 0 Å². The molecule has 4 aliphatic rings. The van der Waals surface area contributed by atoms with E-state index in [2.05, 4.69) is 42.5 Å². The summed E-state index contributed by atoms with van der Waals surface area (Å²) < 4.78 is 0. The molecule has 0 saturated heterocycles. The number of rotatable bonds is 0. The van der Waals surface area contributed by atoms with Crippen molar-refractivity contribution in [2.45, 2.75) is 11.8 Å². The van der Waals surface area contributed by atoms with Crippen molar-refractivity contribution in [1.29, 1.82) is 0 Å². The van der Waals surface area contributed by atoms with Crippen LogP contribution in [-0.4, -0.2) is 0 Å². The topological polar surface area (TPSA) is 0 Å². The molecule has 0 radical (unpaired) electrons. The number of allylic oxidation sites excluding steroid dienone is 4. The largest absolute Gasteiger partial charge is 0.0891 e. The molecule has 0 N–H and O–H groups in total. The lowest BCUT2D eigenvalue weighted by atomic mass is 9.55. The van der Waals surface area contributed by atoms with Crippen LogP contribution >= 0.6 is 11.6 Å². The number of hydrogen-bond donors (Lipinski definition) is 0. The molecule has 0 unspecified atom stereocenters. The minimum Gasteiger partial charge on any atom is -0.0891 e. The molecule has 4 atom stereocenters. The monoisotopic (exact) mass is 214 g/mol. The standard InChI is InChI=1S/C14H11Cl/c15-13-7-12-10-5-6-11(14(12)13)9-4-2-1-3-8(9)10/h1-7,10-12,14H/t10-,11-,12+,14-/m0/s1. The third-order valence-electron chi connectivity index (χ3n) is 4.13. The summed E-state index contributed by atoms with van der Waals surface area (Å²) in [6.07, 6.45) is 6.96. The van der Waals surface area contributed by atoms with Crippen LogP contribution in [0.2, 0.25) is 0 Å². The molecule has 0 fully saturated rings. The summed E-state index contributed by atoms with van der Waals surface area (Å²) in [5.74, 6) is 2.37. The molecule has 0 aliphatic heterocycles. The van der Waals surface area contributed by atoms with Crippen molar-refractivity contribution in [3.8, 4) is 0 Å². The van der Waals surface area contributed by atoms with E-state index < -0.39 is 0 Å². The molecule has 1 aromatic carbocycles. The maximum absolute atomic E-state index is 6.21. The highest BCUT2D eigenvalue weighted by Gasteiger charge is 2.48. The molecule has 0 spiro atoms. The van der Waals surface area contributed by atoms with Gasteiger partial charge in [0.05, 0.1) is 0 Å². The first-order chi connectivity index (χ1) is 7.36. The van der Waals surface area contributed by atoms with E-state index in [4.69, 9.17) is 11.6 Å². The number of halogens is 1. The van der Waals surface area contributed by atoms with Crippen LogP contribution in [0.5, 0.6) is 0 Å². The fourth-order valence-corrected chi connectivity index (χ4v) is 3.84. The summed E-state index contributed by atoms with van der Waals surface area (Å²) in [5, 5.41) is 1.08. The van der Waals surface area contributed by atoms with Gasteiger partial charge in [0, 0.05) is 22.8 Å². The zero-order chi connectivity index (χ0) is 9.99. The van der Waals surface area contributed by atoms with Gasteiger partial charge in [0.15, 0.2) is 0 Å². The summed E-state index contributed by atoms with van der Waals surface area (Å²) in [6.45, 7) is 0. The van der Waals surface area contributed by atoms with Gasteiger partial charge in [0.25, 0.3) is 0 Å². The second kappa shape index (κ2) is 2.56. The van der Waals surface area contributed by atoms with Gasteiger partial charge in [-0.15, -0.1) is 0 Å². The molecule has 5 rings (SSSR count). The summed E-state index contributed by atoms with van der Waals surface area (Å²) in [4.78, 5) is 0.